The van der Waals surface area contributed by atoms with Crippen LogP contribution in [0.2, 0.25) is 0 Å². The number of hydrogen-bond donors (Lipinski definition) is 1. The third-order valence-electron chi connectivity index (χ3n) is 8.47. The molecule has 3 aromatic rings. The second-order valence-corrected chi connectivity index (χ2v) is 11.0. The van der Waals surface area contributed by atoms with E-state index in [1.54, 1.807) is 6.07 Å². The first-order valence-corrected chi connectivity index (χ1v) is 14.0. The lowest BCUT2D eigenvalue weighted by molar-refractivity contribution is -0.136. The highest BCUT2D eigenvalue weighted by atomic mass is 19.1. The maximum absolute atomic E-state index is 15.3. The lowest BCUT2D eigenvalue weighted by Crippen LogP contribution is -2.54. The van der Waals surface area contributed by atoms with Crippen molar-refractivity contribution in [2.75, 3.05) is 26.3 Å². The van der Waals surface area contributed by atoms with E-state index in [4.69, 9.17) is 0 Å². The summed E-state index contributed by atoms with van der Waals surface area (Å²) >= 11 is 0. The second-order valence-electron chi connectivity index (χ2n) is 11.0. The monoisotopic (exact) mass is 558 g/mol. The normalized spacial score (nSPS) is 21.8. The highest BCUT2D eigenvalue weighted by molar-refractivity contribution is 6.05. The molecular weight excluding hydrogens is 526 g/mol. The molecule has 3 heterocycles. The zero-order valence-electron chi connectivity index (χ0n) is 22.6. The number of amides is 3. The number of piperidine rings is 1. The number of carbonyl (C=O) groups excluding carboxylic acids is 3. The van der Waals surface area contributed by atoms with Crippen LogP contribution in [0, 0.1) is 5.82 Å². The SMILES string of the molecule is O=C1CCC(N2Cc3cc(CN4CCN(C(c5ccccc5)c5ccccc5)CC4CF)c(F)cc3C2=O)C(=O)N1. The number of halogens is 2. The van der Waals surface area contributed by atoms with Crippen LogP contribution in [0.25, 0.3) is 0 Å². The van der Waals surface area contributed by atoms with Gasteiger partial charge in [-0.1, -0.05) is 60.7 Å². The van der Waals surface area contributed by atoms with Gasteiger partial charge in [-0.25, -0.2) is 8.78 Å². The number of alkyl halides is 1. The van der Waals surface area contributed by atoms with E-state index in [0.717, 1.165) is 11.1 Å². The highest BCUT2D eigenvalue weighted by Crippen LogP contribution is 2.33. The van der Waals surface area contributed by atoms with Gasteiger partial charge in [0.15, 0.2) is 0 Å². The van der Waals surface area contributed by atoms with Crippen LogP contribution in [0.15, 0.2) is 72.8 Å². The molecule has 3 aliphatic heterocycles. The first-order chi connectivity index (χ1) is 19.9. The Morgan fingerprint density at radius 1 is 0.927 bits per heavy atom. The number of carbonyl (C=O) groups is 3. The Bertz CT molecular complexity index is 1410. The standard InChI is InChI=1S/C32H32F2N4O3/c33-17-25-20-37(30(21-7-3-1-4-8-21)22-9-5-2-6-10-22)14-13-36(25)18-24-15-23-19-38(32(41)26(23)16-27(24)34)28-11-12-29(39)35-31(28)40/h1-10,15-16,25,28,30H,11-14,17-20H2,(H,35,39,40). The minimum absolute atomic E-state index is 0.0189. The Hall–Kier alpha value is -3.95. The van der Waals surface area contributed by atoms with Crippen molar-refractivity contribution in [1.82, 2.24) is 20.0 Å². The molecule has 0 spiro atoms. The molecule has 9 heteroatoms. The van der Waals surface area contributed by atoms with E-state index in [0.29, 0.717) is 30.8 Å². The number of hydrogen-bond acceptors (Lipinski definition) is 5. The van der Waals surface area contributed by atoms with E-state index < -0.39 is 36.4 Å². The van der Waals surface area contributed by atoms with Gasteiger partial charge in [0.05, 0.1) is 12.1 Å². The fraction of sp³-hybridized carbons (Fsp3) is 0.344. The van der Waals surface area contributed by atoms with Gasteiger partial charge in [0.2, 0.25) is 11.8 Å². The van der Waals surface area contributed by atoms with Crippen molar-refractivity contribution in [2.24, 2.45) is 0 Å². The zero-order chi connectivity index (χ0) is 28.5. The van der Waals surface area contributed by atoms with Crippen LogP contribution in [0.1, 0.15) is 51.5 Å². The lowest BCUT2D eigenvalue weighted by Gasteiger charge is -2.44. The summed E-state index contributed by atoms with van der Waals surface area (Å²) in [6.07, 6.45) is 0.400. The van der Waals surface area contributed by atoms with Crippen LogP contribution >= 0.6 is 0 Å². The molecule has 212 valence electrons. The Labute approximate surface area is 237 Å². The molecule has 2 unspecified atom stereocenters. The van der Waals surface area contributed by atoms with Crippen LogP contribution in [0.3, 0.4) is 0 Å². The number of piperazine rings is 1. The van der Waals surface area contributed by atoms with Crippen molar-refractivity contribution < 1.29 is 23.2 Å². The molecule has 2 saturated heterocycles. The molecule has 2 atom stereocenters. The summed E-state index contributed by atoms with van der Waals surface area (Å²) in [5, 5.41) is 2.28. The number of imide groups is 1. The third kappa shape index (κ3) is 5.39. The molecule has 7 nitrogen and oxygen atoms in total. The molecular formula is C32H32F2N4O3. The summed E-state index contributed by atoms with van der Waals surface area (Å²) in [4.78, 5) is 42.6. The average molecular weight is 559 g/mol. The van der Waals surface area contributed by atoms with Gasteiger partial charge in [-0.05, 0) is 35.2 Å². The second kappa shape index (κ2) is 11.5. The molecule has 0 aromatic heterocycles. The Kier molecular flexibility index (Phi) is 7.64. The first-order valence-electron chi connectivity index (χ1n) is 14.0. The number of nitrogens with zero attached hydrogens (tertiary/aromatic N) is 3. The van der Waals surface area contributed by atoms with Crippen LogP contribution in [-0.4, -0.2) is 70.8 Å². The van der Waals surface area contributed by atoms with E-state index in [1.165, 1.54) is 11.0 Å². The Morgan fingerprint density at radius 3 is 2.24 bits per heavy atom. The van der Waals surface area contributed by atoms with Gasteiger partial charge >= 0.3 is 0 Å². The number of rotatable bonds is 7. The van der Waals surface area contributed by atoms with Gasteiger partial charge in [0, 0.05) is 50.3 Å². The van der Waals surface area contributed by atoms with Crippen LogP contribution in [0.5, 0.6) is 0 Å². The molecule has 0 radical (unpaired) electrons. The first kappa shape index (κ1) is 27.2. The quantitative estimate of drug-likeness (QED) is 0.447. The number of fused-ring (bicyclic) bond motifs is 1. The molecule has 6 rings (SSSR count). The Balaban J connectivity index is 1.19. The fourth-order valence-corrected chi connectivity index (χ4v) is 6.37. The van der Waals surface area contributed by atoms with Crippen molar-refractivity contribution in [2.45, 2.75) is 44.1 Å². The topological polar surface area (TPSA) is 73.0 Å². The zero-order valence-corrected chi connectivity index (χ0v) is 22.6. The molecule has 1 N–H and O–H groups in total. The van der Waals surface area contributed by atoms with Crippen molar-refractivity contribution >= 4 is 17.7 Å². The van der Waals surface area contributed by atoms with Crippen LogP contribution in [0.4, 0.5) is 8.78 Å². The lowest BCUT2D eigenvalue weighted by atomic mass is 9.95. The minimum atomic E-state index is -0.759. The van der Waals surface area contributed by atoms with Crippen molar-refractivity contribution in [3.05, 3.63) is 106 Å². The van der Waals surface area contributed by atoms with E-state index in [2.05, 4.69) is 34.5 Å². The largest absolute Gasteiger partial charge is 0.322 e. The predicted octanol–water partition coefficient (Wildman–Crippen LogP) is 3.83. The maximum Gasteiger partial charge on any atom is 0.255 e. The van der Waals surface area contributed by atoms with Crippen LogP contribution in [-0.2, 0) is 22.7 Å². The Morgan fingerprint density at radius 2 is 1.61 bits per heavy atom. The van der Waals surface area contributed by atoms with Crippen LogP contribution < -0.4 is 5.32 Å². The third-order valence-corrected chi connectivity index (χ3v) is 8.47. The van der Waals surface area contributed by atoms with Gasteiger partial charge < -0.3 is 4.90 Å². The van der Waals surface area contributed by atoms with Gasteiger partial charge in [0.25, 0.3) is 5.91 Å². The van der Waals surface area contributed by atoms with E-state index >= 15 is 4.39 Å². The van der Waals surface area contributed by atoms with Gasteiger partial charge in [-0.3, -0.25) is 29.5 Å². The van der Waals surface area contributed by atoms with Gasteiger partial charge in [-0.15, -0.1) is 0 Å². The smallest absolute Gasteiger partial charge is 0.255 e. The molecule has 2 fully saturated rings. The molecule has 3 aliphatic rings. The number of nitrogens with one attached hydrogen (secondary N) is 1. The van der Waals surface area contributed by atoms with E-state index in [1.807, 2.05) is 41.3 Å². The molecule has 3 aromatic carbocycles. The van der Waals surface area contributed by atoms with Gasteiger partial charge in [-0.2, -0.15) is 0 Å². The fourth-order valence-electron chi connectivity index (χ4n) is 6.37. The molecule has 0 saturated carbocycles. The van der Waals surface area contributed by atoms with E-state index in [-0.39, 0.29) is 43.4 Å². The summed E-state index contributed by atoms with van der Waals surface area (Å²) in [6.45, 7) is 1.54. The van der Waals surface area contributed by atoms with E-state index in [9.17, 15) is 18.8 Å². The molecule has 3 amide bonds. The van der Waals surface area contributed by atoms with Crippen molar-refractivity contribution in [1.29, 1.82) is 0 Å². The summed E-state index contributed by atoms with van der Waals surface area (Å²) in [6, 6.07) is 22.1. The minimum Gasteiger partial charge on any atom is -0.322 e. The summed E-state index contributed by atoms with van der Waals surface area (Å²) in [7, 11) is 0. The molecule has 41 heavy (non-hydrogen) atoms. The molecule has 0 aliphatic carbocycles. The maximum atomic E-state index is 15.3. The molecule has 0 bridgehead atoms. The summed E-state index contributed by atoms with van der Waals surface area (Å²) in [5.41, 5.74) is 3.55. The number of benzene rings is 3. The van der Waals surface area contributed by atoms with Crippen molar-refractivity contribution in [3.8, 4) is 0 Å². The predicted molar refractivity (Wildman–Crippen MR) is 149 cm³/mol. The van der Waals surface area contributed by atoms with Gasteiger partial charge in [0.1, 0.15) is 18.5 Å². The average Bonchev–Trinajstić information content (AvgIpc) is 3.29. The summed E-state index contributed by atoms with van der Waals surface area (Å²) < 4.78 is 29.8. The highest BCUT2D eigenvalue weighted by Gasteiger charge is 2.40. The van der Waals surface area contributed by atoms with Crippen molar-refractivity contribution in [3.63, 3.8) is 0 Å². The summed E-state index contributed by atoms with van der Waals surface area (Å²) in [5.74, 6) is -1.79.